The molecule has 1 saturated heterocycles. The number of carbonyl (C=O) groups is 3. The molecule has 0 aromatic heterocycles. The minimum absolute atomic E-state index is 0.0324. The number of carbonyl (C=O) groups excluding carboxylic acids is 2. The Morgan fingerprint density at radius 2 is 1.95 bits per heavy atom. The largest absolute Gasteiger partial charge is 0.480 e. The fraction of sp³-hybridized carbons (Fsp3) is 0.769. The van der Waals surface area contributed by atoms with E-state index in [4.69, 9.17) is 5.11 Å². The van der Waals surface area contributed by atoms with E-state index in [9.17, 15) is 14.4 Å². The Morgan fingerprint density at radius 1 is 1.29 bits per heavy atom. The van der Waals surface area contributed by atoms with Gasteiger partial charge in [0.1, 0.15) is 6.04 Å². The molecule has 0 aromatic carbocycles. The SMILES string of the molecule is CSCC[C@@H](NC(=O)NCCC(=O)N1CCCC1)C(=O)O. The molecule has 1 fully saturated rings. The standard InChI is InChI=1S/C13H23N3O4S/c1-21-9-5-10(12(18)19)15-13(20)14-6-4-11(17)16-7-2-3-8-16/h10H,2-9H2,1H3,(H,18,19)(H2,14,15,20)/t10-/m1/s1. The Balaban J connectivity index is 2.22. The summed E-state index contributed by atoms with van der Waals surface area (Å²) in [7, 11) is 0. The van der Waals surface area contributed by atoms with E-state index in [2.05, 4.69) is 10.6 Å². The minimum atomic E-state index is -1.05. The highest BCUT2D eigenvalue weighted by molar-refractivity contribution is 7.98. The van der Waals surface area contributed by atoms with Crippen LogP contribution in [0.4, 0.5) is 4.79 Å². The Morgan fingerprint density at radius 3 is 2.52 bits per heavy atom. The van der Waals surface area contributed by atoms with Crippen molar-refractivity contribution in [2.45, 2.75) is 31.7 Å². The zero-order valence-corrected chi connectivity index (χ0v) is 13.1. The molecule has 120 valence electrons. The van der Waals surface area contributed by atoms with Crippen LogP contribution in [0.3, 0.4) is 0 Å². The first-order valence-corrected chi connectivity index (χ1v) is 8.48. The van der Waals surface area contributed by atoms with Crippen LogP contribution in [0.2, 0.25) is 0 Å². The van der Waals surface area contributed by atoms with Gasteiger partial charge >= 0.3 is 12.0 Å². The average molecular weight is 317 g/mol. The molecule has 0 saturated carbocycles. The van der Waals surface area contributed by atoms with Gasteiger partial charge in [-0.25, -0.2) is 9.59 Å². The number of aliphatic carboxylic acids is 1. The van der Waals surface area contributed by atoms with Crippen molar-refractivity contribution in [2.75, 3.05) is 31.6 Å². The number of nitrogens with one attached hydrogen (secondary N) is 2. The number of carboxylic acids is 1. The van der Waals surface area contributed by atoms with Crippen molar-refractivity contribution in [1.29, 1.82) is 0 Å². The summed E-state index contributed by atoms with van der Waals surface area (Å²) in [6, 6.07) is -1.44. The number of nitrogens with zero attached hydrogens (tertiary/aromatic N) is 1. The van der Waals surface area contributed by atoms with Crippen molar-refractivity contribution in [2.24, 2.45) is 0 Å². The highest BCUT2D eigenvalue weighted by atomic mass is 32.2. The summed E-state index contributed by atoms with van der Waals surface area (Å²) in [6.45, 7) is 1.80. The average Bonchev–Trinajstić information content (AvgIpc) is 2.97. The molecule has 0 aromatic rings. The first kappa shape index (κ1) is 17.6. The summed E-state index contributed by atoms with van der Waals surface area (Å²) < 4.78 is 0. The van der Waals surface area contributed by atoms with Gasteiger partial charge in [0.05, 0.1) is 0 Å². The molecule has 0 aliphatic carbocycles. The van der Waals surface area contributed by atoms with E-state index >= 15 is 0 Å². The van der Waals surface area contributed by atoms with Crippen LogP contribution in [0.1, 0.15) is 25.7 Å². The van der Waals surface area contributed by atoms with Gasteiger partial charge in [0.15, 0.2) is 0 Å². The molecule has 7 nitrogen and oxygen atoms in total. The van der Waals surface area contributed by atoms with E-state index in [1.165, 1.54) is 11.8 Å². The first-order chi connectivity index (χ1) is 10.0. The summed E-state index contributed by atoms with van der Waals surface area (Å²) >= 11 is 1.53. The van der Waals surface area contributed by atoms with Gasteiger partial charge in [-0.1, -0.05) is 0 Å². The Bertz CT molecular complexity index is 372. The molecule has 1 heterocycles. The van der Waals surface area contributed by atoms with E-state index in [0.29, 0.717) is 12.2 Å². The van der Waals surface area contributed by atoms with E-state index in [1.54, 1.807) is 4.90 Å². The number of hydrogen-bond donors (Lipinski definition) is 3. The molecule has 1 atom stereocenters. The van der Waals surface area contributed by atoms with Gasteiger partial charge < -0.3 is 20.6 Å². The van der Waals surface area contributed by atoms with Crippen LogP contribution in [0.25, 0.3) is 0 Å². The van der Waals surface area contributed by atoms with Crippen LogP contribution in [-0.2, 0) is 9.59 Å². The van der Waals surface area contributed by atoms with Crippen LogP contribution in [0.15, 0.2) is 0 Å². The van der Waals surface area contributed by atoms with Gasteiger partial charge in [0.2, 0.25) is 5.91 Å². The number of urea groups is 1. The second-order valence-electron chi connectivity index (χ2n) is 4.91. The topological polar surface area (TPSA) is 98.7 Å². The lowest BCUT2D eigenvalue weighted by molar-refractivity contribution is -0.139. The Hall–Kier alpha value is -1.44. The third-order valence-corrected chi connectivity index (χ3v) is 3.94. The lowest BCUT2D eigenvalue weighted by Crippen LogP contribution is -2.47. The van der Waals surface area contributed by atoms with Crippen LogP contribution in [0, 0.1) is 0 Å². The van der Waals surface area contributed by atoms with Gasteiger partial charge in [-0.2, -0.15) is 11.8 Å². The molecule has 0 spiro atoms. The number of carboxylic acid groups (broad SMARTS) is 1. The predicted molar refractivity (Wildman–Crippen MR) is 81.4 cm³/mol. The molecule has 0 radical (unpaired) electrons. The molecule has 0 bridgehead atoms. The minimum Gasteiger partial charge on any atom is -0.480 e. The molecule has 0 unspecified atom stereocenters. The zero-order chi connectivity index (χ0) is 15.7. The maximum atomic E-state index is 11.8. The fourth-order valence-electron chi connectivity index (χ4n) is 2.11. The maximum absolute atomic E-state index is 11.8. The van der Waals surface area contributed by atoms with Gasteiger partial charge in [-0.15, -0.1) is 0 Å². The van der Waals surface area contributed by atoms with Crippen LogP contribution in [-0.4, -0.2) is 65.6 Å². The van der Waals surface area contributed by atoms with Crippen molar-refractivity contribution in [1.82, 2.24) is 15.5 Å². The Labute approximate surface area is 128 Å². The molecule has 1 rings (SSSR count). The third kappa shape index (κ3) is 6.70. The number of rotatable bonds is 8. The van der Waals surface area contributed by atoms with E-state index < -0.39 is 18.0 Å². The second kappa shape index (κ2) is 9.49. The number of amides is 3. The van der Waals surface area contributed by atoms with Crippen LogP contribution >= 0.6 is 11.8 Å². The van der Waals surface area contributed by atoms with Crippen LogP contribution in [0.5, 0.6) is 0 Å². The number of thioether (sulfide) groups is 1. The molecule has 1 aliphatic heterocycles. The van der Waals surface area contributed by atoms with Crippen molar-refractivity contribution in [3.05, 3.63) is 0 Å². The van der Waals surface area contributed by atoms with Crippen LogP contribution < -0.4 is 10.6 Å². The molecule has 8 heteroatoms. The summed E-state index contributed by atoms with van der Waals surface area (Å²) in [5, 5.41) is 13.9. The quantitative estimate of drug-likeness (QED) is 0.606. The first-order valence-electron chi connectivity index (χ1n) is 7.08. The number of hydrogen-bond acceptors (Lipinski definition) is 4. The summed E-state index contributed by atoms with van der Waals surface area (Å²) in [5.41, 5.74) is 0. The maximum Gasteiger partial charge on any atom is 0.326 e. The second-order valence-corrected chi connectivity index (χ2v) is 5.90. The summed E-state index contributed by atoms with van der Waals surface area (Å²) in [4.78, 5) is 36.1. The molecule has 3 N–H and O–H groups in total. The lowest BCUT2D eigenvalue weighted by atomic mass is 10.2. The molecule has 1 aliphatic rings. The van der Waals surface area contributed by atoms with E-state index in [1.807, 2.05) is 6.26 Å². The van der Waals surface area contributed by atoms with Gasteiger partial charge in [0, 0.05) is 26.1 Å². The van der Waals surface area contributed by atoms with E-state index in [0.717, 1.165) is 25.9 Å². The lowest BCUT2D eigenvalue weighted by Gasteiger charge is -2.16. The van der Waals surface area contributed by atoms with Crippen molar-refractivity contribution >= 4 is 29.7 Å². The Kier molecular flexibility index (Phi) is 7.96. The highest BCUT2D eigenvalue weighted by Crippen LogP contribution is 2.08. The molecule has 3 amide bonds. The van der Waals surface area contributed by atoms with Gasteiger partial charge in [0.25, 0.3) is 0 Å². The fourth-order valence-corrected chi connectivity index (χ4v) is 2.58. The van der Waals surface area contributed by atoms with Crippen molar-refractivity contribution in [3.63, 3.8) is 0 Å². The molecular formula is C13H23N3O4S. The van der Waals surface area contributed by atoms with Gasteiger partial charge in [-0.3, -0.25) is 4.79 Å². The number of likely N-dealkylation sites (tertiary alicyclic amines) is 1. The third-order valence-electron chi connectivity index (χ3n) is 3.30. The van der Waals surface area contributed by atoms with Gasteiger partial charge in [-0.05, 0) is 31.3 Å². The summed E-state index contributed by atoms with van der Waals surface area (Å²) in [5.74, 6) is -0.359. The molecule has 21 heavy (non-hydrogen) atoms. The summed E-state index contributed by atoms with van der Waals surface area (Å²) in [6.07, 6.45) is 4.57. The van der Waals surface area contributed by atoms with Crippen molar-refractivity contribution in [3.8, 4) is 0 Å². The van der Waals surface area contributed by atoms with Crippen molar-refractivity contribution < 1.29 is 19.5 Å². The highest BCUT2D eigenvalue weighted by Gasteiger charge is 2.20. The zero-order valence-electron chi connectivity index (χ0n) is 12.3. The predicted octanol–water partition coefficient (Wildman–Crippen LogP) is 0.504. The monoisotopic (exact) mass is 317 g/mol. The normalized spacial score (nSPS) is 15.6. The molecular weight excluding hydrogens is 294 g/mol. The smallest absolute Gasteiger partial charge is 0.326 e. The van der Waals surface area contributed by atoms with E-state index in [-0.39, 0.29) is 18.9 Å².